The first kappa shape index (κ1) is 6.78. The van der Waals surface area contributed by atoms with Crippen LogP contribution in [0, 0.1) is 6.42 Å². The number of rotatable bonds is 2. The van der Waals surface area contributed by atoms with Gasteiger partial charge in [0.05, 0.1) is 12.7 Å². The van der Waals surface area contributed by atoms with Crippen LogP contribution >= 0.6 is 0 Å². The van der Waals surface area contributed by atoms with Gasteiger partial charge in [-0.2, -0.15) is 0 Å². The Morgan fingerprint density at radius 2 is 2.56 bits per heavy atom. The van der Waals surface area contributed by atoms with Crippen LogP contribution in [-0.2, 0) is 4.74 Å². The highest BCUT2D eigenvalue weighted by Gasteiger charge is 2.10. The first-order chi connectivity index (χ1) is 4.43. The Kier molecular flexibility index (Phi) is 2.74. The maximum Gasteiger partial charge on any atom is 0.0769 e. The summed E-state index contributed by atoms with van der Waals surface area (Å²) in [7, 11) is 0. The van der Waals surface area contributed by atoms with E-state index < -0.39 is 0 Å². The molecule has 0 spiro atoms. The number of hydrogen-bond acceptors (Lipinski definition) is 2. The lowest BCUT2D eigenvalue weighted by atomic mass is 10.3. The van der Waals surface area contributed by atoms with Gasteiger partial charge in [0.2, 0.25) is 0 Å². The third-order valence-electron chi connectivity index (χ3n) is 1.31. The fourth-order valence-electron chi connectivity index (χ4n) is 0.861. The van der Waals surface area contributed by atoms with E-state index in [0.29, 0.717) is 0 Å². The number of nitrogens with one attached hydrogen (secondary N) is 1. The summed E-state index contributed by atoms with van der Waals surface area (Å²) in [5.41, 5.74) is 0. The van der Waals surface area contributed by atoms with Crippen molar-refractivity contribution in [3.8, 4) is 0 Å². The summed E-state index contributed by atoms with van der Waals surface area (Å²) in [4.78, 5) is 0. The highest BCUT2D eigenvalue weighted by molar-refractivity contribution is 4.95. The molecule has 0 aliphatic carbocycles. The van der Waals surface area contributed by atoms with E-state index >= 15 is 0 Å². The van der Waals surface area contributed by atoms with Crippen LogP contribution < -0.4 is 5.32 Å². The molecule has 2 heteroatoms. The summed E-state index contributed by atoms with van der Waals surface area (Å²) >= 11 is 0. The summed E-state index contributed by atoms with van der Waals surface area (Å²) in [5.74, 6) is 0. The molecule has 2 nitrogen and oxygen atoms in total. The molecule has 1 aliphatic heterocycles. The molecule has 1 fully saturated rings. The summed E-state index contributed by atoms with van der Waals surface area (Å²) in [6, 6.07) is 0. The van der Waals surface area contributed by atoms with Gasteiger partial charge in [0, 0.05) is 19.5 Å². The molecule has 1 unspecified atom stereocenters. The summed E-state index contributed by atoms with van der Waals surface area (Å²) in [6.45, 7) is 6.30. The van der Waals surface area contributed by atoms with Crippen molar-refractivity contribution in [1.29, 1.82) is 0 Å². The molecule has 0 aromatic rings. The zero-order valence-corrected chi connectivity index (χ0v) is 5.47. The van der Waals surface area contributed by atoms with Crippen molar-refractivity contribution in [2.75, 3.05) is 19.7 Å². The number of ether oxygens (including phenoxy) is 1. The van der Waals surface area contributed by atoms with E-state index in [-0.39, 0.29) is 6.10 Å². The third kappa shape index (κ3) is 2.16. The van der Waals surface area contributed by atoms with Crippen molar-refractivity contribution in [1.82, 2.24) is 5.32 Å². The van der Waals surface area contributed by atoms with Gasteiger partial charge < -0.3 is 10.1 Å². The summed E-state index contributed by atoms with van der Waals surface area (Å²) in [5, 5.41) is 3.22. The lowest BCUT2D eigenvalue weighted by molar-refractivity contribution is 0.0518. The summed E-state index contributed by atoms with van der Waals surface area (Å²) < 4.78 is 5.33. The summed E-state index contributed by atoms with van der Waals surface area (Å²) in [6.07, 6.45) is 3.99. The first-order valence-electron chi connectivity index (χ1n) is 3.21. The monoisotopic (exact) mass is 127 g/mol. The average Bonchev–Trinajstić information content (AvgIpc) is 1.91. The largest absolute Gasteiger partial charge is 0.375 e. The van der Waals surface area contributed by atoms with E-state index in [2.05, 4.69) is 11.9 Å². The molecule has 51 valence electrons. The van der Waals surface area contributed by atoms with Gasteiger partial charge in [-0.25, -0.2) is 0 Å². The molecule has 0 aromatic carbocycles. The topological polar surface area (TPSA) is 21.3 Å². The van der Waals surface area contributed by atoms with Crippen LogP contribution in [0.25, 0.3) is 0 Å². The van der Waals surface area contributed by atoms with Crippen LogP contribution in [0.5, 0.6) is 0 Å². The molecule has 1 atom stereocenters. The fraction of sp³-hybridized carbons (Fsp3) is 0.571. The van der Waals surface area contributed by atoms with Crippen LogP contribution in [0.3, 0.4) is 0 Å². The zero-order valence-electron chi connectivity index (χ0n) is 5.47. The van der Waals surface area contributed by atoms with E-state index in [9.17, 15) is 0 Å². The normalized spacial score (nSPS) is 27.8. The molecule has 0 aromatic heterocycles. The van der Waals surface area contributed by atoms with Crippen molar-refractivity contribution < 1.29 is 4.74 Å². The van der Waals surface area contributed by atoms with Gasteiger partial charge in [-0.3, -0.25) is 0 Å². The van der Waals surface area contributed by atoms with Crippen LogP contribution in [-0.4, -0.2) is 25.8 Å². The average molecular weight is 127 g/mol. The molecule has 9 heavy (non-hydrogen) atoms. The van der Waals surface area contributed by atoms with E-state index in [4.69, 9.17) is 4.74 Å². The molecule has 1 radical (unpaired) electrons. The zero-order chi connectivity index (χ0) is 6.53. The molecule has 0 amide bonds. The lowest BCUT2D eigenvalue weighted by Gasteiger charge is -2.21. The molecule has 0 saturated carbocycles. The molecule has 0 bridgehead atoms. The smallest absolute Gasteiger partial charge is 0.0769 e. The second kappa shape index (κ2) is 3.64. The Labute approximate surface area is 55.9 Å². The predicted octanol–water partition coefficient (Wildman–Crippen LogP) is 0.365. The Balaban J connectivity index is 2.15. The number of hydrogen-bond donors (Lipinski definition) is 1. The second-order valence-corrected chi connectivity index (χ2v) is 2.04. The van der Waals surface area contributed by atoms with E-state index in [1.807, 2.05) is 6.42 Å². The molecule has 1 heterocycles. The van der Waals surface area contributed by atoms with Crippen molar-refractivity contribution in [2.45, 2.75) is 6.10 Å². The van der Waals surface area contributed by atoms with Gasteiger partial charge in [-0.15, -0.1) is 6.58 Å². The molecule has 1 aliphatic rings. The van der Waals surface area contributed by atoms with Crippen molar-refractivity contribution in [3.05, 3.63) is 19.1 Å². The molecule has 1 N–H and O–H groups in total. The molecular weight excluding hydrogens is 115 g/mol. The molecule has 1 saturated heterocycles. The maximum absolute atomic E-state index is 5.33. The Hall–Kier alpha value is -0.340. The Bertz CT molecular complexity index is 86.9. The predicted molar refractivity (Wildman–Crippen MR) is 37.1 cm³/mol. The highest BCUT2D eigenvalue weighted by Crippen LogP contribution is 1.99. The van der Waals surface area contributed by atoms with Crippen LogP contribution in [0.1, 0.15) is 0 Å². The standard InChI is InChI=1S/C7H12NO/c1-2-3-7-6-8-4-5-9-7/h2-3,7-8H,1,4-6H2/i6+1. The quantitative estimate of drug-likeness (QED) is 0.541. The van der Waals surface area contributed by atoms with Gasteiger partial charge in [0.15, 0.2) is 0 Å². The van der Waals surface area contributed by atoms with Crippen molar-refractivity contribution in [3.63, 3.8) is 0 Å². The number of morpholine rings is 1. The van der Waals surface area contributed by atoms with E-state index in [0.717, 1.165) is 19.7 Å². The highest BCUT2D eigenvalue weighted by atomic mass is 16.5. The molecule has 1 rings (SSSR count). The first-order valence-corrected chi connectivity index (χ1v) is 3.21. The van der Waals surface area contributed by atoms with Crippen LogP contribution in [0.4, 0.5) is 0 Å². The van der Waals surface area contributed by atoms with Gasteiger partial charge in [-0.1, -0.05) is 6.08 Å². The van der Waals surface area contributed by atoms with Crippen LogP contribution in [0.2, 0.25) is 0 Å². The fourth-order valence-corrected chi connectivity index (χ4v) is 0.861. The maximum atomic E-state index is 5.33. The SMILES string of the molecule is C=C[CH]C1[13CH2]NCCO1. The Morgan fingerprint density at radius 1 is 1.67 bits per heavy atom. The van der Waals surface area contributed by atoms with Gasteiger partial charge in [-0.05, 0) is 0 Å². The third-order valence-corrected chi connectivity index (χ3v) is 1.31. The minimum Gasteiger partial charge on any atom is -0.375 e. The van der Waals surface area contributed by atoms with E-state index in [1.165, 1.54) is 0 Å². The van der Waals surface area contributed by atoms with Crippen molar-refractivity contribution in [2.24, 2.45) is 0 Å². The van der Waals surface area contributed by atoms with Gasteiger partial charge in [0.25, 0.3) is 0 Å². The van der Waals surface area contributed by atoms with Gasteiger partial charge in [0.1, 0.15) is 0 Å². The second-order valence-electron chi connectivity index (χ2n) is 2.04. The minimum atomic E-state index is 0.247. The lowest BCUT2D eigenvalue weighted by Crippen LogP contribution is -2.38. The van der Waals surface area contributed by atoms with Crippen LogP contribution in [0.15, 0.2) is 12.7 Å². The van der Waals surface area contributed by atoms with E-state index in [1.54, 1.807) is 6.08 Å². The minimum absolute atomic E-state index is 0.247. The van der Waals surface area contributed by atoms with Gasteiger partial charge >= 0.3 is 0 Å². The van der Waals surface area contributed by atoms with Crippen molar-refractivity contribution >= 4 is 0 Å². The molecular formula is C7H12NO. The Morgan fingerprint density at radius 3 is 3.11 bits per heavy atom.